The second kappa shape index (κ2) is 9.73. The van der Waals surface area contributed by atoms with E-state index in [-0.39, 0.29) is 23.3 Å². The van der Waals surface area contributed by atoms with Gasteiger partial charge in [0.05, 0.1) is 18.6 Å². The molecule has 7 heteroatoms. The van der Waals surface area contributed by atoms with E-state index in [0.717, 1.165) is 5.75 Å². The lowest BCUT2D eigenvalue weighted by atomic mass is 9.95. The normalized spacial score (nSPS) is 14.3. The second-order valence-corrected chi connectivity index (χ2v) is 6.94. The summed E-state index contributed by atoms with van der Waals surface area (Å²) < 4.78 is 5.57. The van der Waals surface area contributed by atoms with Gasteiger partial charge in [0.2, 0.25) is 11.8 Å². The van der Waals surface area contributed by atoms with Crippen molar-refractivity contribution in [2.24, 2.45) is 5.92 Å². The lowest BCUT2D eigenvalue weighted by molar-refractivity contribution is -0.135. The summed E-state index contributed by atoms with van der Waals surface area (Å²) in [5.41, 5.74) is 0.739. The molecule has 1 aliphatic heterocycles. The van der Waals surface area contributed by atoms with E-state index in [1.807, 2.05) is 30.3 Å². The third-order valence-electron chi connectivity index (χ3n) is 4.95. The molecule has 1 aliphatic rings. The lowest BCUT2D eigenvalue weighted by Gasteiger charge is -2.31. The van der Waals surface area contributed by atoms with Crippen molar-refractivity contribution in [3.8, 4) is 5.75 Å². The fourth-order valence-electron chi connectivity index (χ4n) is 3.26. The van der Waals surface area contributed by atoms with Crippen LogP contribution in [0.1, 0.15) is 29.6 Å². The molecular weight excluding hydrogens is 372 g/mol. The molecule has 1 fully saturated rings. The van der Waals surface area contributed by atoms with Crippen molar-refractivity contribution >= 4 is 23.5 Å². The summed E-state index contributed by atoms with van der Waals surface area (Å²) in [7, 11) is 0. The Hall–Kier alpha value is -3.35. The average Bonchev–Trinajstić information content (AvgIpc) is 2.75. The number of benzene rings is 2. The highest BCUT2D eigenvalue weighted by molar-refractivity contribution is 5.94. The van der Waals surface area contributed by atoms with Crippen LogP contribution in [0.2, 0.25) is 0 Å². The number of hydrogen-bond donors (Lipinski definition) is 2. The molecule has 7 nitrogen and oxygen atoms in total. The molecule has 0 spiro atoms. The Balaban J connectivity index is 1.40. The van der Waals surface area contributed by atoms with Crippen LogP contribution >= 0.6 is 0 Å². The minimum atomic E-state index is -1.01. The number of carbonyl (C=O) groups excluding carboxylic acids is 2. The van der Waals surface area contributed by atoms with Crippen molar-refractivity contribution in [2.75, 3.05) is 25.0 Å². The summed E-state index contributed by atoms with van der Waals surface area (Å²) in [6.45, 7) is 1.41. The van der Waals surface area contributed by atoms with E-state index in [0.29, 0.717) is 44.6 Å². The van der Waals surface area contributed by atoms with Gasteiger partial charge in [0.1, 0.15) is 5.75 Å². The Morgan fingerprint density at radius 1 is 1.00 bits per heavy atom. The third kappa shape index (κ3) is 5.81. The fourth-order valence-corrected chi connectivity index (χ4v) is 3.26. The predicted molar refractivity (Wildman–Crippen MR) is 108 cm³/mol. The second-order valence-electron chi connectivity index (χ2n) is 6.94. The highest BCUT2D eigenvalue weighted by atomic mass is 16.5. The van der Waals surface area contributed by atoms with Crippen molar-refractivity contribution in [3.05, 3.63) is 60.2 Å². The molecule has 1 heterocycles. The molecule has 0 bridgehead atoms. The van der Waals surface area contributed by atoms with Crippen LogP contribution in [0, 0.1) is 5.92 Å². The standard InChI is InChI=1S/C22H24N2O5/c25-20(12-15-29-19-4-2-1-3-5-19)24-13-10-16(11-14-24)21(26)23-18-8-6-17(7-9-18)22(27)28/h1-9,16H,10-15H2,(H,23,26)(H,27,28). The van der Waals surface area contributed by atoms with Crippen LogP contribution in [0.5, 0.6) is 5.75 Å². The number of rotatable bonds is 7. The van der Waals surface area contributed by atoms with Gasteiger partial charge in [-0.15, -0.1) is 0 Å². The highest BCUT2D eigenvalue weighted by Gasteiger charge is 2.27. The quantitative estimate of drug-likeness (QED) is 0.750. The molecule has 0 saturated carbocycles. The molecule has 152 valence electrons. The Kier molecular flexibility index (Phi) is 6.84. The van der Waals surface area contributed by atoms with Crippen LogP contribution in [0.25, 0.3) is 0 Å². The first-order chi connectivity index (χ1) is 14.0. The summed E-state index contributed by atoms with van der Waals surface area (Å²) in [6.07, 6.45) is 1.51. The monoisotopic (exact) mass is 396 g/mol. The van der Waals surface area contributed by atoms with Crippen LogP contribution in [-0.2, 0) is 9.59 Å². The van der Waals surface area contributed by atoms with E-state index in [9.17, 15) is 14.4 Å². The zero-order chi connectivity index (χ0) is 20.6. The molecule has 0 aromatic heterocycles. The van der Waals surface area contributed by atoms with Gasteiger partial charge >= 0.3 is 5.97 Å². The predicted octanol–water partition coefficient (Wildman–Crippen LogP) is 3.03. The highest BCUT2D eigenvalue weighted by Crippen LogP contribution is 2.20. The number of carbonyl (C=O) groups is 3. The molecule has 29 heavy (non-hydrogen) atoms. The number of amides is 2. The van der Waals surface area contributed by atoms with Crippen molar-refractivity contribution in [3.63, 3.8) is 0 Å². The van der Waals surface area contributed by atoms with Crippen LogP contribution in [0.3, 0.4) is 0 Å². The largest absolute Gasteiger partial charge is 0.493 e. The number of aromatic carboxylic acids is 1. The van der Waals surface area contributed by atoms with Crippen molar-refractivity contribution < 1.29 is 24.2 Å². The van der Waals surface area contributed by atoms with Gasteiger partial charge < -0.3 is 20.1 Å². The Labute approximate surface area is 169 Å². The Bertz CT molecular complexity index is 843. The lowest BCUT2D eigenvalue weighted by Crippen LogP contribution is -2.41. The molecule has 0 unspecified atom stereocenters. The fraction of sp³-hybridized carbons (Fsp3) is 0.318. The minimum Gasteiger partial charge on any atom is -0.493 e. The van der Waals surface area contributed by atoms with Gasteiger partial charge in [-0.1, -0.05) is 18.2 Å². The van der Waals surface area contributed by atoms with Gasteiger partial charge in [-0.25, -0.2) is 4.79 Å². The zero-order valence-corrected chi connectivity index (χ0v) is 16.0. The summed E-state index contributed by atoms with van der Waals surface area (Å²) >= 11 is 0. The van der Waals surface area contributed by atoms with Gasteiger partial charge in [0, 0.05) is 24.7 Å². The number of likely N-dealkylation sites (tertiary alicyclic amines) is 1. The van der Waals surface area contributed by atoms with Gasteiger partial charge in [0.15, 0.2) is 0 Å². The minimum absolute atomic E-state index is 0.0315. The van der Waals surface area contributed by atoms with E-state index in [1.165, 1.54) is 12.1 Å². The molecule has 0 atom stereocenters. The van der Waals surface area contributed by atoms with E-state index in [4.69, 9.17) is 9.84 Å². The first-order valence-electron chi connectivity index (χ1n) is 9.63. The number of carboxylic acid groups (broad SMARTS) is 1. The number of para-hydroxylation sites is 1. The molecule has 3 rings (SSSR count). The Morgan fingerprint density at radius 3 is 2.28 bits per heavy atom. The maximum absolute atomic E-state index is 12.4. The van der Waals surface area contributed by atoms with Gasteiger partial charge in [0.25, 0.3) is 0 Å². The molecule has 0 aliphatic carbocycles. The number of anilines is 1. The van der Waals surface area contributed by atoms with Crippen LogP contribution in [-0.4, -0.2) is 47.5 Å². The van der Waals surface area contributed by atoms with E-state index in [2.05, 4.69) is 5.32 Å². The van der Waals surface area contributed by atoms with Crippen molar-refractivity contribution in [2.45, 2.75) is 19.3 Å². The first-order valence-corrected chi connectivity index (χ1v) is 9.63. The van der Waals surface area contributed by atoms with E-state index < -0.39 is 5.97 Å². The van der Waals surface area contributed by atoms with E-state index >= 15 is 0 Å². The molecule has 1 saturated heterocycles. The SMILES string of the molecule is O=C(O)c1ccc(NC(=O)C2CCN(C(=O)CCOc3ccccc3)CC2)cc1. The number of hydrogen-bond acceptors (Lipinski definition) is 4. The number of nitrogens with zero attached hydrogens (tertiary/aromatic N) is 1. The summed E-state index contributed by atoms with van der Waals surface area (Å²) in [4.78, 5) is 37.4. The molecule has 0 radical (unpaired) electrons. The van der Waals surface area contributed by atoms with Crippen molar-refractivity contribution in [1.82, 2.24) is 4.90 Å². The summed E-state index contributed by atoms with van der Waals surface area (Å²) in [5, 5.41) is 11.7. The summed E-state index contributed by atoms with van der Waals surface area (Å²) in [5.74, 6) is -0.503. The molecule has 2 aromatic rings. The molecule has 2 aromatic carbocycles. The number of piperidine rings is 1. The zero-order valence-electron chi connectivity index (χ0n) is 16.0. The average molecular weight is 396 g/mol. The molecular formula is C22H24N2O5. The molecule has 2 N–H and O–H groups in total. The van der Waals surface area contributed by atoms with Crippen LogP contribution in [0.4, 0.5) is 5.69 Å². The number of carboxylic acids is 1. The summed E-state index contributed by atoms with van der Waals surface area (Å²) in [6, 6.07) is 15.4. The number of ether oxygens (including phenoxy) is 1. The van der Waals surface area contributed by atoms with E-state index in [1.54, 1.807) is 17.0 Å². The van der Waals surface area contributed by atoms with Crippen molar-refractivity contribution in [1.29, 1.82) is 0 Å². The Morgan fingerprint density at radius 2 is 1.66 bits per heavy atom. The number of nitrogens with one attached hydrogen (secondary N) is 1. The maximum Gasteiger partial charge on any atom is 0.335 e. The van der Waals surface area contributed by atoms with Gasteiger partial charge in [-0.05, 0) is 49.2 Å². The van der Waals surface area contributed by atoms with Crippen LogP contribution in [0.15, 0.2) is 54.6 Å². The van der Waals surface area contributed by atoms with Gasteiger partial charge in [-0.3, -0.25) is 9.59 Å². The van der Waals surface area contributed by atoms with Gasteiger partial charge in [-0.2, -0.15) is 0 Å². The smallest absolute Gasteiger partial charge is 0.335 e. The first kappa shape index (κ1) is 20.4. The maximum atomic E-state index is 12.4. The third-order valence-corrected chi connectivity index (χ3v) is 4.95. The topological polar surface area (TPSA) is 95.9 Å². The van der Waals surface area contributed by atoms with Crippen LogP contribution < -0.4 is 10.1 Å². The molecule has 2 amide bonds.